The summed E-state index contributed by atoms with van der Waals surface area (Å²) < 4.78 is 24.3. The molecule has 1 heterocycles. The van der Waals surface area contributed by atoms with E-state index in [-0.39, 0.29) is 32.5 Å². The first-order chi connectivity index (χ1) is 11.4. The minimum atomic E-state index is -3.43. The maximum atomic E-state index is 12.5. The van der Waals surface area contributed by atoms with Crippen molar-refractivity contribution in [1.29, 1.82) is 0 Å². The molecule has 1 aliphatic carbocycles. The Labute approximate surface area is 150 Å². The molecule has 24 heavy (non-hydrogen) atoms. The summed E-state index contributed by atoms with van der Waals surface area (Å²) in [6.07, 6.45) is 2.08. The van der Waals surface area contributed by atoms with Gasteiger partial charge in [-0.1, -0.05) is 42.8 Å². The number of hydrogen-bond acceptors (Lipinski definition) is 4. The van der Waals surface area contributed by atoms with Gasteiger partial charge in [0.25, 0.3) is 5.91 Å². The van der Waals surface area contributed by atoms with Crippen molar-refractivity contribution in [1.82, 2.24) is 5.32 Å². The molecule has 4 nitrogen and oxygen atoms in total. The quantitative estimate of drug-likeness (QED) is 0.859. The first-order valence-electron chi connectivity index (χ1n) is 7.79. The van der Waals surface area contributed by atoms with Gasteiger partial charge in [-0.05, 0) is 30.4 Å². The zero-order valence-electron chi connectivity index (χ0n) is 13.2. The Kier molecular flexibility index (Phi) is 4.99. The minimum Gasteiger partial charge on any atom is -0.348 e. The second-order valence-electron chi connectivity index (χ2n) is 5.91. The summed E-state index contributed by atoms with van der Waals surface area (Å²) in [5, 5.41) is 4.48. The molecule has 7 heteroatoms. The number of rotatable bonds is 5. The van der Waals surface area contributed by atoms with Crippen molar-refractivity contribution < 1.29 is 13.2 Å². The lowest BCUT2D eigenvalue weighted by molar-refractivity contribution is 0.0942. The van der Waals surface area contributed by atoms with E-state index in [9.17, 15) is 13.2 Å². The molecule has 0 fully saturated rings. The number of amides is 1. The van der Waals surface area contributed by atoms with E-state index in [0.29, 0.717) is 6.42 Å². The van der Waals surface area contributed by atoms with Crippen LogP contribution in [0, 0.1) is 0 Å². The van der Waals surface area contributed by atoms with Crippen LogP contribution in [0.3, 0.4) is 0 Å². The van der Waals surface area contributed by atoms with Crippen LogP contribution >= 0.6 is 22.9 Å². The number of hydrogen-bond donors (Lipinski definition) is 1. The summed E-state index contributed by atoms with van der Waals surface area (Å²) in [5.41, 5.74) is 2.48. The topological polar surface area (TPSA) is 63.2 Å². The predicted octanol–water partition coefficient (Wildman–Crippen LogP) is 3.48. The van der Waals surface area contributed by atoms with Crippen LogP contribution in [0.5, 0.6) is 0 Å². The van der Waals surface area contributed by atoms with Crippen molar-refractivity contribution >= 4 is 38.7 Å². The Balaban J connectivity index is 1.74. The summed E-state index contributed by atoms with van der Waals surface area (Å²) in [6.45, 7) is 1.79. The minimum absolute atomic E-state index is 0.0174. The fourth-order valence-electron chi connectivity index (χ4n) is 2.98. The van der Waals surface area contributed by atoms with Crippen molar-refractivity contribution in [3.63, 3.8) is 0 Å². The average Bonchev–Trinajstić information content (AvgIpc) is 3.10. The Morgan fingerprint density at radius 1 is 1.29 bits per heavy atom. The third-order valence-electron chi connectivity index (χ3n) is 4.10. The van der Waals surface area contributed by atoms with Gasteiger partial charge in [-0.3, -0.25) is 4.79 Å². The van der Waals surface area contributed by atoms with Crippen LogP contribution in [0.15, 0.2) is 34.5 Å². The SMILES string of the molecule is CCCS(=O)(=O)c1csc(C(=O)NC2Cc3ccccc3C2)c1Cl. The molecule has 0 aliphatic heterocycles. The van der Waals surface area contributed by atoms with Crippen molar-refractivity contribution in [2.24, 2.45) is 0 Å². The van der Waals surface area contributed by atoms with Gasteiger partial charge in [-0.15, -0.1) is 11.3 Å². The van der Waals surface area contributed by atoms with E-state index in [0.717, 1.165) is 24.2 Å². The van der Waals surface area contributed by atoms with E-state index < -0.39 is 9.84 Å². The van der Waals surface area contributed by atoms with Gasteiger partial charge >= 0.3 is 0 Å². The van der Waals surface area contributed by atoms with E-state index in [1.165, 1.54) is 16.5 Å². The Morgan fingerprint density at radius 3 is 2.50 bits per heavy atom. The standard InChI is InChI=1S/C17H18ClNO3S2/c1-2-7-24(21,22)14-10-23-16(15(14)18)17(20)19-13-8-11-5-3-4-6-12(11)9-13/h3-6,10,13H,2,7-9H2,1H3,(H,19,20). The van der Waals surface area contributed by atoms with Gasteiger partial charge in [-0.2, -0.15) is 0 Å². The van der Waals surface area contributed by atoms with Crippen LogP contribution in [0.1, 0.15) is 34.1 Å². The molecule has 0 atom stereocenters. The molecule has 2 aromatic rings. The first kappa shape index (κ1) is 17.5. The van der Waals surface area contributed by atoms with Crippen molar-refractivity contribution in [3.05, 3.63) is 50.7 Å². The van der Waals surface area contributed by atoms with E-state index in [1.54, 1.807) is 6.92 Å². The molecule has 0 saturated heterocycles. The van der Waals surface area contributed by atoms with Gasteiger partial charge in [0, 0.05) is 11.4 Å². The van der Waals surface area contributed by atoms with Gasteiger partial charge in [0.05, 0.1) is 15.7 Å². The number of nitrogens with one attached hydrogen (secondary N) is 1. The maximum absolute atomic E-state index is 12.5. The number of carbonyl (C=O) groups excluding carboxylic acids is 1. The molecule has 3 rings (SSSR count). The summed E-state index contributed by atoms with van der Waals surface area (Å²) in [6, 6.07) is 8.13. The van der Waals surface area contributed by atoms with Crippen molar-refractivity contribution in [2.75, 3.05) is 5.75 Å². The molecule has 0 bridgehead atoms. The Bertz CT molecular complexity index is 849. The normalized spacial score (nSPS) is 14.6. The maximum Gasteiger partial charge on any atom is 0.263 e. The number of sulfone groups is 1. The average molecular weight is 384 g/mol. The van der Waals surface area contributed by atoms with Crippen LogP contribution < -0.4 is 5.32 Å². The summed E-state index contributed by atoms with van der Waals surface area (Å²) in [4.78, 5) is 12.8. The van der Waals surface area contributed by atoms with Crippen LogP contribution in [0.25, 0.3) is 0 Å². The highest BCUT2D eigenvalue weighted by Gasteiger charge is 2.27. The molecule has 1 aliphatic rings. The van der Waals surface area contributed by atoms with Crippen LogP contribution in [0.4, 0.5) is 0 Å². The van der Waals surface area contributed by atoms with Crippen LogP contribution in [-0.4, -0.2) is 26.1 Å². The lowest BCUT2D eigenvalue weighted by Gasteiger charge is -2.11. The summed E-state index contributed by atoms with van der Waals surface area (Å²) in [5.74, 6) is -0.275. The highest BCUT2D eigenvalue weighted by atomic mass is 35.5. The second-order valence-corrected chi connectivity index (χ2v) is 9.24. The molecule has 0 saturated carbocycles. The molecule has 1 N–H and O–H groups in total. The van der Waals surface area contributed by atoms with Crippen molar-refractivity contribution in [3.8, 4) is 0 Å². The summed E-state index contributed by atoms with van der Waals surface area (Å²) in [7, 11) is -3.43. The van der Waals surface area contributed by atoms with Gasteiger partial charge in [0.15, 0.2) is 9.84 Å². The molecule has 1 aromatic carbocycles. The first-order valence-corrected chi connectivity index (χ1v) is 10.7. The fraction of sp³-hybridized carbons (Fsp3) is 0.353. The molecule has 0 radical (unpaired) electrons. The molecule has 0 spiro atoms. The third kappa shape index (κ3) is 3.36. The number of benzene rings is 1. The second kappa shape index (κ2) is 6.86. The van der Waals surface area contributed by atoms with Gasteiger partial charge in [0.2, 0.25) is 0 Å². The number of carbonyl (C=O) groups is 1. The monoisotopic (exact) mass is 383 g/mol. The largest absolute Gasteiger partial charge is 0.348 e. The zero-order valence-corrected chi connectivity index (χ0v) is 15.6. The van der Waals surface area contributed by atoms with Crippen LogP contribution in [0.2, 0.25) is 5.02 Å². The zero-order chi connectivity index (χ0) is 17.3. The lowest BCUT2D eigenvalue weighted by Crippen LogP contribution is -2.35. The number of halogens is 1. The fourth-order valence-corrected chi connectivity index (χ4v) is 6.32. The van der Waals surface area contributed by atoms with E-state index in [4.69, 9.17) is 11.6 Å². The molecule has 1 amide bonds. The van der Waals surface area contributed by atoms with E-state index >= 15 is 0 Å². The molecular formula is C17H18ClNO3S2. The highest BCUT2D eigenvalue weighted by molar-refractivity contribution is 7.91. The van der Waals surface area contributed by atoms with E-state index in [1.807, 2.05) is 12.1 Å². The number of fused-ring (bicyclic) bond motifs is 1. The Morgan fingerprint density at radius 2 is 1.92 bits per heavy atom. The number of thiophene rings is 1. The smallest absolute Gasteiger partial charge is 0.263 e. The van der Waals surface area contributed by atoms with Gasteiger partial charge in [0.1, 0.15) is 4.88 Å². The summed E-state index contributed by atoms with van der Waals surface area (Å²) >= 11 is 7.27. The van der Waals surface area contributed by atoms with Crippen molar-refractivity contribution in [2.45, 2.75) is 37.1 Å². The van der Waals surface area contributed by atoms with Gasteiger partial charge in [-0.25, -0.2) is 8.42 Å². The Hall–Kier alpha value is -1.37. The molecule has 0 unspecified atom stereocenters. The van der Waals surface area contributed by atoms with Gasteiger partial charge < -0.3 is 5.32 Å². The molecule has 1 aromatic heterocycles. The lowest BCUT2D eigenvalue weighted by atomic mass is 10.1. The predicted molar refractivity (Wildman–Crippen MR) is 96.8 cm³/mol. The third-order valence-corrected chi connectivity index (χ3v) is 7.78. The van der Waals surface area contributed by atoms with E-state index in [2.05, 4.69) is 17.4 Å². The molecule has 128 valence electrons. The molecular weight excluding hydrogens is 366 g/mol. The van der Waals surface area contributed by atoms with Crippen LogP contribution in [-0.2, 0) is 22.7 Å². The highest BCUT2D eigenvalue weighted by Crippen LogP contribution is 2.33.